The number of hydrogen-bond donors (Lipinski definition) is 1. The Morgan fingerprint density at radius 1 is 1.11 bits per heavy atom. The van der Waals surface area contributed by atoms with E-state index < -0.39 is 11.9 Å². The minimum atomic E-state index is -0.957. The van der Waals surface area contributed by atoms with Gasteiger partial charge >= 0.3 is 5.97 Å². The van der Waals surface area contributed by atoms with Gasteiger partial charge in [-0.15, -0.1) is 11.3 Å². The third-order valence-corrected chi connectivity index (χ3v) is 3.66. The summed E-state index contributed by atoms with van der Waals surface area (Å²) in [6.45, 7) is 0. The molecule has 0 amide bonds. The quantitative estimate of drug-likeness (QED) is 0.840. The zero-order valence-corrected chi connectivity index (χ0v) is 10.4. The number of ketones is 1. The van der Waals surface area contributed by atoms with E-state index in [0.717, 1.165) is 0 Å². The summed E-state index contributed by atoms with van der Waals surface area (Å²) in [6.07, 6.45) is -0.000139. The van der Waals surface area contributed by atoms with Gasteiger partial charge in [0.2, 0.25) is 0 Å². The summed E-state index contributed by atoms with van der Waals surface area (Å²) in [6, 6.07) is 12.3. The van der Waals surface area contributed by atoms with Gasteiger partial charge in [0, 0.05) is 16.9 Å². The summed E-state index contributed by atoms with van der Waals surface area (Å²) in [4.78, 5) is 23.9. The number of Topliss-reactive ketones (excluding diaryl/α,β-unsaturated/α-hetero) is 1. The molecule has 3 nitrogen and oxygen atoms in total. The van der Waals surface area contributed by atoms with Crippen molar-refractivity contribution < 1.29 is 14.7 Å². The second-order valence-corrected chi connectivity index (χ2v) is 4.88. The molecule has 1 aromatic carbocycles. The predicted molar refractivity (Wildman–Crippen MR) is 70.1 cm³/mol. The third-order valence-electron chi connectivity index (χ3n) is 2.67. The summed E-state index contributed by atoms with van der Waals surface area (Å²) in [5.41, 5.74) is 0.556. The molecule has 0 bridgehead atoms. The Kier molecular flexibility index (Phi) is 3.89. The molecule has 0 saturated heterocycles. The van der Waals surface area contributed by atoms with Crippen molar-refractivity contribution in [3.63, 3.8) is 0 Å². The van der Waals surface area contributed by atoms with Crippen molar-refractivity contribution in [2.24, 2.45) is 0 Å². The Balaban J connectivity index is 2.16. The number of carboxylic acids is 1. The Morgan fingerprint density at radius 3 is 2.39 bits per heavy atom. The van der Waals surface area contributed by atoms with Crippen LogP contribution in [0.1, 0.15) is 27.6 Å². The van der Waals surface area contributed by atoms with E-state index >= 15 is 0 Å². The van der Waals surface area contributed by atoms with Crippen molar-refractivity contribution in [3.8, 4) is 0 Å². The molecule has 0 aliphatic heterocycles. The molecule has 4 heteroatoms. The van der Waals surface area contributed by atoms with Gasteiger partial charge in [0.15, 0.2) is 5.78 Å². The fourth-order valence-corrected chi connectivity index (χ4v) is 2.55. The zero-order chi connectivity index (χ0) is 13.0. The number of hydrogen-bond acceptors (Lipinski definition) is 3. The van der Waals surface area contributed by atoms with Crippen LogP contribution in [0.2, 0.25) is 0 Å². The average molecular weight is 260 g/mol. The first-order chi connectivity index (χ1) is 8.68. The lowest BCUT2D eigenvalue weighted by atomic mass is 9.97. The van der Waals surface area contributed by atoms with Crippen LogP contribution in [0, 0.1) is 0 Å². The summed E-state index contributed by atoms with van der Waals surface area (Å²) in [5, 5.41) is 11.0. The van der Waals surface area contributed by atoms with Crippen molar-refractivity contribution in [1.29, 1.82) is 0 Å². The number of thiophene rings is 1. The van der Waals surface area contributed by atoms with Gasteiger partial charge in [0.25, 0.3) is 0 Å². The minimum absolute atomic E-state index is 0.000139. The SMILES string of the molecule is O=C(CC(C(=O)O)c1cccs1)c1ccccc1. The van der Waals surface area contributed by atoms with Crippen molar-refractivity contribution >= 4 is 23.1 Å². The first-order valence-corrected chi connectivity index (χ1v) is 6.41. The van der Waals surface area contributed by atoms with Crippen molar-refractivity contribution in [2.75, 3.05) is 0 Å². The van der Waals surface area contributed by atoms with Crippen molar-refractivity contribution in [3.05, 3.63) is 58.3 Å². The fraction of sp³-hybridized carbons (Fsp3) is 0.143. The zero-order valence-electron chi connectivity index (χ0n) is 9.58. The highest BCUT2D eigenvalue weighted by molar-refractivity contribution is 7.10. The van der Waals surface area contributed by atoms with Crippen LogP contribution in [0.25, 0.3) is 0 Å². The van der Waals surface area contributed by atoms with Gasteiger partial charge in [-0.3, -0.25) is 9.59 Å². The van der Waals surface area contributed by atoms with Gasteiger partial charge in [0.1, 0.15) is 0 Å². The van der Waals surface area contributed by atoms with E-state index in [4.69, 9.17) is 0 Å². The second kappa shape index (κ2) is 5.60. The van der Waals surface area contributed by atoms with Gasteiger partial charge in [-0.25, -0.2) is 0 Å². The molecule has 1 N–H and O–H groups in total. The monoisotopic (exact) mass is 260 g/mol. The minimum Gasteiger partial charge on any atom is -0.481 e. The van der Waals surface area contributed by atoms with E-state index in [9.17, 15) is 14.7 Å². The fourth-order valence-electron chi connectivity index (χ4n) is 1.73. The van der Waals surface area contributed by atoms with Gasteiger partial charge in [-0.05, 0) is 11.4 Å². The van der Waals surface area contributed by atoms with Gasteiger partial charge < -0.3 is 5.11 Å². The van der Waals surface area contributed by atoms with E-state index in [1.165, 1.54) is 11.3 Å². The Morgan fingerprint density at radius 2 is 1.83 bits per heavy atom. The van der Waals surface area contributed by atoms with E-state index in [0.29, 0.717) is 10.4 Å². The number of carbonyl (C=O) groups excluding carboxylic acids is 1. The molecule has 0 saturated carbocycles. The van der Waals surface area contributed by atoms with E-state index in [2.05, 4.69) is 0 Å². The molecule has 0 radical (unpaired) electrons. The standard InChI is InChI=1S/C14H12O3S/c15-12(10-5-2-1-3-6-10)9-11(14(16)17)13-7-4-8-18-13/h1-8,11H,9H2,(H,16,17). The molecule has 92 valence electrons. The number of carbonyl (C=O) groups is 2. The Bertz CT molecular complexity index is 531. The molecule has 2 rings (SSSR count). The molecule has 1 heterocycles. The lowest BCUT2D eigenvalue weighted by Gasteiger charge is -2.09. The smallest absolute Gasteiger partial charge is 0.312 e. The topological polar surface area (TPSA) is 54.4 Å². The number of benzene rings is 1. The van der Waals surface area contributed by atoms with Gasteiger partial charge in [0.05, 0.1) is 5.92 Å². The van der Waals surface area contributed by atoms with Crippen LogP contribution in [-0.2, 0) is 4.79 Å². The van der Waals surface area contributed by atoms with Crippen molar-refractivity contribution in [1.82, 2.24) is 0 Å². The predicted octanol–water partition coefficient (Wildman–Crippen LogP) is 3.19. The molecule has 0 spiro atoms. The Hall–Kier alpha value is -1.94. The average Bonchev–Trinajstić information content (AvgIpc) is 2.90. The molecule has 1 atom stereocenters. The highest BCUT2D eigenvalue weighted by Gasteiger charge is 2.24. The number of aliphatic carboxylic acids is 1. The molecule has 2 aromatic rings. The van der Waals surface area contributed by atoms with Crippen LogP contribution >= 0.6 is 11.3 Å². The molecular weight excluding hydrogens is 248 g/mol. The van der Waals surface area contributed by atoms with Crippen LogP contribution in [0.5, 0.6) is 0 Å². The Labute approximate surface area is 109 Å². The normalized spacial score (nSPS) is 12.0. The summed E-state index contributed by atoms with van der Waals surface area (Å²) in [5.74, 6) is -1.85. The van der Waals surface area contributed by atoms with E-state index in [1.54, 1.807) is 36.4 Å². The molecule has 0 aliphatic rings. The molecule has 0 aliphatic carbocycles. The third kappa shape index (κ3) is 2.84. The highest BCUT2D eigenvalue weighted by Crippen LogP contribution is 2.26. The maximum Gasteiger partial charge on any atom is 0.312 e. The lowest BCUT2D eigenvalue weighted by Crippen LogP contribution is -2.15. The van der Waals surface area contributed by atoms with Crippen LogP contribution in [0.3, 0.4) is 0 Å². The summed E-state index contributed by atoms with van der Waals surface area (Å²) < 4.78 is 0. The largest absolute Gasteiger partial charge is 0.481 e. The molecular formula is C14H12O3S. The van der Waals surface area contributed by atoms with Crippen LogP contribution < -0.4 is 0 Å². The first-order valence-electron chi connectivity index (χ1n) is 5.53. The van der Waals surface area contributed by atoms with Gasteiger partial charge in [-0.2, -0.15) is 0 Å². The van der Waals surface area contributed by atoms with Crippen LogP contribution in [0.15, 0.2) is 47.8 Å². The van der Waals surface area contributed by atoms with Crippen LogP contribution in [0.4, 0.5) is 0 Å². The van der Waals surface area contributed by atoms with E-state index in [1.807, 2.05) is 11.4 Å². The molecule has 1 unspecified atom stereocenters. The maximum atomic E-state index is 12.0. The number of rotatable bonds is 5. The molecule has 1 aromatic heterocycles. The lowest BCUT2D eigenvalue weighted by molar-refractivity contribution is -0.138. The number of carboxylic acid groups (broad SMARTS) is 1. The highest BCUT2D eigenvalue weighted by atomic mass is 32.1. The summed E-state index contributed by atoms with van der Waals surface area (Å²) >= 11 is 1.36. The maximum absolute atomic E-state index is 12.0. The van der Waals surface area contributed by atoms with Gasteiger partial charge in [-0.1, -0.05) is 36.4 Å². The molecule has 18 heavy (non-hydrogen) atoms. The van der Waals surface area contributed by atoms with Crippen LogP contribution in [-0.4, -0.2) is 16.9 Å². The molecule has 0 fully saturated rings. The summed E-state index contributed by atoms with van der Waals surface area (Å²) in [7, 11) is 0. The second-order valence-electron chi connectivity index (χ2n) is 3.90. The first kappa shape index (κ1) is 12.5. The van der Waals surface area contributed by atoms with E-state index in [-0.39, 0.29) is 12.2 Å². The van der Waals surface area contributed by atoms with Crippen molar-refractivity contribution in [2.45, 2.75) is 12.3 Å².